The third-order valence-corrected chi connectivity index (χ3v) is 4.12. The lowest BCUT2D eigenvalue weighted by Crippen LogP contribution is -2.39. The van der Waals surface area contributed by atoms with Gasteiger partial charge in [0, 0.05) is 4.91 Å². The fourth-order valence-electron chi connectivity index (χ4n) is 2.73. The molecule has 0 radical (unpaired) electrons. The normalized spacial score (nSPS) is 23.5. The van der Waals surface area contributed by atoms with Gasteiger partial charge >= 0.3 is 11.9 Å². The largest absolute Gasteiger partial charge is 0.459 e. The van der Waals surface area contributed by atoms with Crippen LogP contribution in [0.15, 0.2) is 65.8 Å². The number of esters is 2. The second kappa shape index (κ2) is 9.01. The molecule has 9 nitrogen and oxygen atoms in total. The molecule has 0 aliphatic carbocycles. The quantitative estimate of drug-likeness (QED) is 0.353. The average molecular weight is 383 g/mol. The Hall–Kier alpha value is -3.39. The molecule has 9 heteroatoms. The number of carbonyl (C=O) groups excluding carboxylic acids is 2. The van der Waals surface area contributed by atoms with Crippen LogP contribution in [0.2, 0.25) is 0 Å². The van der Waals surface area contributed by atoms with Crippen LogP contribution in [0.3, 0.4) is 0 Å². The van der Waals surface area contributed by atoms with Crippen molar-refractivity contribution in [1.82, 2.24) is 0 Å². The van der Waals surface area contributed by atoms with Crippen molar-refractivity contribution in [2.75, 3.05) is 6.61 Å². The zero-order chi connectivity index (χ0) is 19.9. The molecule has 1 aliphatic rings. The first-order valence-corrected chi connectivity index (χ1v) is 8.46. The van der Waals surface area contributed by atoms with Crippen molar-refractivity contribution in [1.29, 1.82) is 0 Å². The molecule has 2 aromatic carbocycles. The molecule has 0 saturated carbocycles. The molecule has 0 amide bonds. The molecule has 144 valence electrons. The number of hydrogen-bond donors (Lipinski definition) is 1. The van der Waals surface area contributed by atoms with Crippen molar-refractivity contribution in [2.24, 2.45) is 5.11 Å². The summed E-state index contributed by atoms with van der Waals surface area (Å²) in [5.41, 5.74) is 9.24. The van der Waals surface area contributed by atoms with Crippen molar-refractivity contribution >= 4 is 11.9 Å². The Morgan fingerprint density at radius 3 is 2.18 bits per heavy atom. The van der Waals surface area contributed by atoms with Gasteiger partial charge in [-0.25, -0.2) is 9.59 Å². The molecule has 1 fully saturated rings. The van der Waals surface area contributed by atoms with Gasteiger partial charge < -0.3 is 19.3 Å². The van der Waals surface area contributed by atoms with E-state index in [0.29, 0.717) is 5.56 Å². The first-order valence-electron chi connectivity index (χ1n) is 8.46. The fourth-order valence-corrected chi connectivity index (χ4v) is 2.73. The zero-order valence-corrected chi connectivity index (χ0v) is 14.6. The summed E-state index contributed by atoms with van der Waals surface area (Å²) in [6.45, 7) is -0.297. The third-order valence-electron chi connectivity index (χ3n) is 4.12. The van der Waals surface area contributed by atoms with E-state index < -0.39 is 36.5 Å². The fraction of sp³-hybridized carbons (Fsp3) is 0.263. The lowest BCUT2D eigenvalue weighted by atomic mass is 10.1. The van der Waals surface area contributed by atoms with E-state index in [1.807, 2.05) is 0 Å². The van der Waals surface area contributed by atoms with Crippen LogP contribution in [-0.4, -0.2) is 48.2 Å². The maximum Gasteiger partial charge on any atom is 0.338 e. The topological polar surface area (TPSA) is 131 Å². The smallest absolute Gasteiger partial charge is 0.338 e. The Labute approximate surface area is 160 Å². The molecule has 1 N–H and O–H groups in total. The Bertz CT molecular complexity index is 870. The van der Waals surface area contributed by atoms with Crippen molar-refractivity contribution in [3.05, 3.63) is 82.2 Å². The van der Waals surface area contributed by atoms with E-state index in [4.69, 9.17) is 19.7 Å². The van der Waals surface area contributed by atoms with Gasteiger partial charge in [-0.05, 0) is 29.8 Å². The van der Waals surface area contributed by atoms with Crippen LogP contribution in [0, 0.1) is 0 Å². The number of hydrogen-bond acceptors (Lipinski definition) is 7. The highest BCUT2D eigenvalue weighted by Gasteiger charge is 2.46. The molecule has 1 aliphatic heterocycles. The van der Waals surface area contributed by atoms with Crippen molar-refractivity contribution in [2.45, 2.75) is 24.5 Å². The van der Waals surface area contributed by atoms with Crippen molar-refractivity contribution in [3.63, 3.8) is 0 Å². The Balaban J connectivity index is 1.70. The molecule has 0 aromatic heterocycles. The van der Waals surface area contributed by atoms with Gasteiger partial charge in [-0.2, -0.15) is 0 Å². The molecular weight excluding hydrogens is 366 g/mol. The predicted octanol–water partition coefficient (Wildman–Crippen LogP) is 2.47. The van der Waals surface area contributed by atoms with Crippen molar-refractivity contribution < 1.29 is 28.9 Å². The molecule has 28 heavy (non-hydrogen) atoms. The van der Waals surface area contributed by atoms with Crippen LogP contribution in [0.1, 0.15) is 20.7 Å². The van der Waals surface area contributed by atoms with Gasteiger partial charge in [0.05, 0.1) is 11.1 Å². The van der Waals surface area contributed by atoms with Gasteiger partial charge in [0.1, 0.15) is 18.8 Å². The molecule has 0 spiro atoms. The van der Waals surface area contributed by atoms with E-state index in [2.05, 4.69) is 10.0 Å². The predicted molar refractivity (Wildman–Crippen MR) is 96.2 cm³/mol. The monoisotopic (exact) mass is 383 g/mol. The molecular formula is C19H17N3O6. The second-order valence-electron chi connectivity index (χ2n) is 5.96. The van der Waals surface area contributed by atoms with E-state index in [-0.39, 0.29) is 12.2 Å². The van der Waals surface area contributed by atoms with Crippen LogP contribution < -0.4 is 0 Å². The summed E-state index contributed by atoms with van der Waals surface area (Å²) in [5, 5.41) is 13.7. The molecule has 2 aromatic rings. The van der Waals surface area contributed by atoms with Crippen LogP contribution in [-0.2, 0) is 14.2 Å². The van der Waals surface area contributed by atoms with E-state index in [1.165, 1.54) is 0 Å². The molecule has 4 atom stereocenters. The second-order valence-corrected chi connectivity index (χ2v) is 5.96. The summed E-state index contributed by atoms with van der Waals surface area (Å²) in [6, 6.07) is 16.5. The van der Waals surface area contributed by atoms with Crippen LogP contribution in [0.5, 0.6) is 0 Å². The number of azide groups is 1. The number of benzene rings is 2. The van der Waals surface area contributed by atoms with Gasteiger partial charge in [-0.1, -0.05) is 41.5 Å². The number of carbonyl (C=O) groups is 2. The van der Waals surface area contributed by atoms with Gasteiger partial charge in [0.25, 0.3) is 0 Å². The van der Waals surface area contributed by atoms with Gasteiger partial charge in [0.2, 0.25) is 0 Å². The highest BCUT2D eigenvalue weighted by atomic mass is 16.6. The van der Waals surface area contributed by atoms with E-state index >= 15 is 0 Å². The van der Waals surface area contributed by atoms with Gasteiger partial charge in [0.15, 0.2) is 12.3 Å². The minimum Gasteiger partial charge on any atom is -0.459 e. The standard InChI is InChI=1S/C19H17N3O6/c20-22-21-17-15(23)16(28-19(25)13-9-5-2-6-10-13)14(27-17)11-26-18(24)12-7-3-1-4-8-12/h1-10,14-17,23H,11H2/t14-,15+,16-,17-/m1/s1. The average Bonchev–Trinajstić information content (AvgIpc) is 3.02. The van der Waals surface area contributed by atoms with Gasteiger partial charge in [-0.3, -0.25) is 0 Å². The SMILES string of the molecule is [N-]=[N+]=N[C@@H]1O[C@H](COC(=O)c2ccccc2)[C@@H](OC(=O)c2ccccc2)[C@@H]1O. The van der Waals surface area contributed by atoms with E-state index in [1.54, 1.807) is 60.7 Å². The number of aliphatic hydroxyl groups is 1. The Kier molecular flexibility index (Phi) is 6.23. The lowest BCUT2D eigenvalue weighted by molar-refractivity contribution is -0.0427. The van der Waals surface area contributed by atoms with Crippen LogP contribution >= 0.6 is 0 Å². The first-order chi connectivity index (χ1) is 13.6. The minimum atomic E-state index is -1.40. The Morgan fingerprint density at radius 1 is 1.04 bits per heavy atom. The van der Waals surface area contributed by atoms with E-state index in [9.17, 15) is 14.7 Å². The molecule has 1 heterocycles. The highest BCUT2D eigenvalue weighted by molar-refractivity contribution is 5.90. The maximum atomic E-state index is 12.3. The summed E-state index contributed by atoms with van der Waals surface area (Å²) in [6.07, 6.45) is -4.83. The molecule has 1 saturated heterocycles. The summed E-state index contributed by atoms with van der Waals surface area (Å²) in [7, 11) is 0. The van der Waals surface area contributed by atoms with Crippen LogP contribution in [0.25, 0.3) is 10.4 Å². The molecule has 3 rings (SSSR count). The van der Waals surface area contributed by atoms with Crippen molar-refractivity contribution in [3.8, 4) is 0 Å². The van der Waals surface area contributed by atoms with E-state index in [0.717, 1.165) is 0 Å². The third kappa shape index (κ3) is 4.47. The number of ether oxygens (including phenoxy) is 3. The first kappa shape index (κ1) is 19.4. The van der Waals surface area contributed by atoms with Gasteiger partial charge in [-0.15, -0.1) is 0 Å². The summed E-state index contributed by atoms with van der Waals surface area (Å²) >= 11 is 0. The summed E-state index contributed by atoms with van der Waals surface area (Å²) < 4.78 is 16.0. The molecule has 0 unspecified atom stereocenters. The lowest BCUT2D eigenvalue weighted by Gasteiger charge is -2.20. The van der Waals surface area contributed by atoms with Crippen LogP contribution in [0.4, 0.5) is 0 Å². The number of rotatable bonds is 6. The highest BCUT2D eigenvalue weighted by Crippen LogP contribution is 2.26. The Morgan fingerprint density at radius 2 is 1.61 bits per heavy atom. The number of nitrogens with zero attached hydrogens (tertiary/aromatic N) is 3. The summed E-state index contributed by atoms with van der Waals surface area (Å²) in [5.74, 6) is -1.28. The molecule has 0 bridgehead atoms. The number of aliphatic hydroxyl groups excluding tert-OH is 1. The minimum absolute atomic E-state index is 0.280. The zero-order valence-electron chi connectivity index (χ0n) is 14.6. The maximum absolute atomic E-state index is 12.3. The summed E-state index contributed by atoms with van der Waals surface area (Å²) in [4.78, 5) is 27.0.